The van der Waals surface area contributed by atoms with Crippen LogP contribution in [0.5, 0.6) is 11.5 Å². The van der Waals surface area contributed by atoms with E-state index in [1.165, 1.54) is 0 Å². The third-order valence-electron chi connectivity index (χ3n) is 7.99. The van der Waals surface area contributed by atoms with Crippen LogP contribution in [0.4, 0.5) is 0 Å². The van der Waals surface area contributed by atoms with Crippen LogP contribution >= 0.6 is 0 Å². The number of hydrogen-bond acceptors (Lipinski definition) is 12. The first-order valence-electron chi connectivity index (χ1n) is 15.3. The minimum absolute atomic E-state index is 0.0157. The van der Waals surface area contributed by atoms with Crippen molar-refractivity contribution in [3.05, 3.63) is 60.7 Å². The molecule has 0 aliphatic carbocycles. The van der Waals surface area contributed by atoms with E-state index in [0.717, 1.165) is 43.0 Å². The van der Waals surface area contributed by atoms with Crippen molar-refractivity contribution in [3.8, 4) is 22.6 Å². The summed E-state index contributed by atoms with van der Waals surface area (Å²) in [6.07, 6.45) is 0. The molecule has 0 radical (unpaired) electrons. The van der Waals surface area contributed by atoms with Crippen LogP contribution in [0.3, 0.4) is 0 Å². The van der Waals surface area contributed by atoms with Gasteiger partial charge >= 0.3 is 17.6 Å². The van der Waals surface area contributed by atoms with E-state index in [2.05, 4.69) is 0 Å². The fourth-order valence-corrected chi connectivity index (χ4v) is 9.23. The maximum Gasteiger partial charge on any atom is 0.536 e. The standard InChI is InChI=1S/C34H46O12Si2/c1-35-17-19-43-23-45-31-15-9-25-21-27(47(37-3,38-4)39-5)11-13-29(25)33(31)34-30-14-12-28(48(40-6,41-7)42-8)22-26(30)10-16-32(34)46-24-44-20-18-36-2/h9-16,21-22H,17-20,23-24H2,1-8H3. The predicted octanol–water partition coefficient (Wildman–Crippen LogP) is 3.83. The molecule has 0 bridgehead atoms. The third-order valence-corrected chi connectivity index (χ3v) is 13.3. The second kappa shape index (κ2) is 18.1. The van der Waals surface area contributed by atoms with E-state index in [1.807, 2.05) is 60.7 Å². The van der Waals surface area contributed by atoms with E-state index < -0.39 is 17.6 Å². The van der Waals surface area contributed by atoms with Gasteiger partial charge in [-0.1, -0.05) is 36.4 Å². The zero-order valence-electron chi connectivity index (χ0n) is 28.9. The Labute approximate surface area is 284 Å². The molecule has 0 aromatic heterocycles. The molecule has 0 aliphatic rings. The first-order valence-corrected chi connectivity index (χ1v) is 18.7. The van der Waals surface area contributed by atoms with Crippen LogP contribution < -0.4 is 19.8 Å². The quantitative estimate of drug-likeness (QED) is 0.0715. The van der Waals surface area contributed by atoms with Crippen LogP contribution in [-0.4, -0.2) is 115 Å². The highest BCUT2D eigenvalue weighted by molar-refractivity contribution is 6.76. The predicted molar refractivity (Wildman–Crippen MR) is 186 cm³/mol. The number of methoxy groups -OCH3 is 2. The molecule has 14 heteroatoms. The molecule has 262 valence electrons. The first-order chi connectivity index (χ1) is 23.4. The maximum atomic E-state index is 6.30. The molecule has 4 aromatic carbocycles. The molecule has 0 atom stereocenters. The summed E-state index contributed by atoms with van der Waals surface area (Å²) in [7, 11) is 6.55. The lowest BCUT2D eigenvalue weighted by molar-refractivity contribution is -0.00904. The lowest BCUT2D eigenvalue weighted by atomic mass is 9.92. The van der Waals surface area contributed by atoms with Crippen LogP contribution in [0, 0.1) is 0 Å². The highest BCUT2D eigenvalue weighted by atomic mass is 28.4. The first kappa shape index (κ1) is 37.8. The van der Waals surface area contributed by atoms with Gasteiger partial charge in [-0.25, -0.2) is 0 Å². The molecule has 0 saturated heterocycles. The molecule has 12 nitrogen and oxygen atoms in total. The summed E-state index contributed by atoms with van der Waals surface area (Å²) in [5.41, 5.74) is 1.60. The van der Waals surface area contributed by atoms with E-state index in [9.17, 15) is 0 Å². The van der Waals surface area contributed by atoms with Crippen LogP contribution in [0.25, 0.3) is 32.7 Å². The summed E-state index contributed by atoms with van der Waals surface area (Å²) < 4.78 is 69.0. The minimum atomic E-state index is -3.12. The van der Waals surface area contributed by atoms with Crippen molar-refractivity contribution in [2.75, 3.05) is 96.9 Å². The lowest BCUT2D eigenvalue weighted by Gasteiger charge is -2.26. The average Bonchev–Trinajstić information content (AvgIpc) is 3.13. The summed E-state index contributed by atoms with van der Waals surface area (Å²) in [6.45, 7) is 1.69. The summed E-state index contributed by atoms with van der Waals surface area (Å²) in [5, 5.41) is 5.26. The molecular formula is C34H46O12Si2. The normalized spacial score (nSPS) is 12.2. The Morgan fingerprint density at radius 1 is 0.438 bits per heavy atom. The van der Waals surface area contributed by atoms with Gasteiger partial charge in [-0.05, 0) is 45.8 Å². The smallest absolute Gasteiger partial charge is 0.467 e. The van der Waals surface area contributed by atoms with E-state index in [0.29, 0.717) is 37.9 Å². The molecule has 0 heterocycles. The number of fused-ring (bicyclic) bond motifs is 2. The van der Waals surface area contributed by atoms with Gasteiger partial charge in [0.2, 0.25) is 0 Å². The van der Waals surface area contributed by atoms with Crippen molar-refractivity contribution in [3.63, 3.8) is 0 Å². The molecule has 4 rings (SSSR count). The van der Waals surface area contributed by atoms with Gasteiger partial charge in [0.1, 0.15) is 11.5 Å². The van der Waals surface area contributed by atoms with Gasteiger partial charge in [-0.3, -0.25) is 0 Å². The van der Waals surface area contributed by atoms with Crippen LogP contribution in [0.1, 0.15) is 0 Å². The molecule has 4 aromatic rings. The maximum absolute atomic E-state index is 6.30. The third kappa shape index (κ3) is 8.08. The molecule has 48 heavy (non-hydrogen) atoms. The minimum Gasteiger partial charge on any atom is -0.467 e. The lowest BCUT2D eigenvalue weighted by Crippen LogP contribution is -2.54. The van der Waals surface area contributed by atoms with Gasteiger partial charge in [-0.2, -0.15) is 0 Å². The average molecular weight is 703 g/mol. The van der Waals surface area contributed by atoms with Gasteiger partial charge in [-0.15, -0.1) is 0 Å². The Balaban J connectivity index is 1.98. The largest absolute Gasteiger partial charge is 0.536 e. The number of benzene rings is 4. The second-order valence-corrected chi connectivity index (χ2v) is 16.2. The van der Waals surface area contributed by atoms with Crippen LogP contribution in [0.15, 0.2) is 60.7 Å². The zero-order valence-corrected chi connectivity index (χ0v) is 30.9. The Morgan fingerprint density at radius 3 is 1.15 bits per heavy atom. The Hall–Kier alpha value is -2.97. The van der Waals surface area contributed by atoms with Crippen LogP contribution in [-0.2, 0) is 45.5 Å². The highest BCUT2D eigenvalue weighted by Gasteiger charge is 2.42. The number of rotatable bonds is 21. The van der Waals surface area contributed by atoms with Gasteiger partial charge in [0, 0.05) is 78.4 Å². The van der Waals surface area contributed by atoms with Gasteiger partial charge in [0.25, 0.3) is 0 Å². The summed E-state index contributed by atoms with van der Waals surface area (Å²) in [6, 6.07) is 19.8. The van der Waals surface area contributed by atoms with Gasteiger partial charge < -0.3 is 55.0 Å². The van der Waals surface area contributed by atoms with Crippen molar-refractivity contribution in [2.45, 2.75) is 0 Å². The molecule has 0 fully saturated rings. The van der Waals surface area contributed by atoms with E-state index in [1.54, 1.807) is 56.9 Å². The molecule has 0 N–H and O–H groups in total. The molecule has 0 spiro atoms. The van der Waals surface area contributed by atoms with Gasteiger partial charge in [0.05, 0.1) is 26.4 Å². The molecule has 0 unspecified atom stereocenters. The van der Waals surface area contributed by atoms with E-state index >= 15 is 0 Å². The number of ether oxygens (including phenoxy) is 6. The topological polar surface area (TPSA) is 111 Å². The Morgan fingerprint density at radius 2 is 0.812 bits per heavy atom. The molecule has 0 saturated carbocycles. The van der Waals surface area contributed by atoms with Crippen molar-refractivity contribution in [2.24, 2.45) is 0 Å². The fourth-order valence-electron chi connectivity index (χ4n) is 5.58. The Bertz CT molecular complexity index is 1470. The Kier molecular flexibility index (Phi) is 14.3. The van der Waals surface area contributed by atoms with Crippen molar-refractivity contribution < 1.29 is 55.0 Å². The van der Waals surface area contributed by atoms with Gasteiger partial charge in [0.15, 0.2) is 13.6 Å². The fraction of sp³-hybridized carbons (Fsp3) is 0.412. The number of hydrogen-bond donors (Lipinski definition) is 0. The van der Waals surface area contributed by atoms with Crippen molar-refractivity contribution in [1.29, 1.82) is 0 Å². The summed E-state index contributed by atoms with van der Waals surface area (Å²) >= 11 is 0. The van der Waals surface area contributed by atoms with E-state index in [-0.39, 0.29) is 13.6 Å². The SMILES string of the molecule is COCCOCOc1ccc2cc([Si](OC)(OC)OC)ccc2c1-c1c(OCOCCOC)ccc2cc([Si](OC)(OC)OC)ccc12. The second-order valence-electron chi connectivity index (χ2n) is 10.4. The monoisotopic (exact) mass is 702 g/mol. The van der Waals surface area contributed by atoms with Crippen molar-refractivity contribution in [1.82, 2.24) is 0 Å². The van der Waals surface area contributed by atoms with Crippen molar-refractivity contribution >= 4 is 49.5 Å². The summed E-state index contributed by atoms with van der Waals surface area (Å²) in [5.74, 6) is 1.19. The van der Waals surface area contributed by atoms with E-state index in [4.69, 9.17) is 55.0 Å². The molecule has 0 amide bonds. The van der Waals surface area contributed by atoms with Crippen LogP contribution in [0.2, 0.25) is 0 Å². The highest BCUT2D eigenvalue weighted by Crippen LogP contribution is 2.45. The summed E-state index contributed by atoms with van der Waals surface area (Å²) in [4.78, 5) is 0. The molecule has 0 aliphatic heterocycles. The zero-order chi connectivity index (χ0) is 34.6. The molecular weight excluding hydrogens is 657 g/mol.